The van der Waals surface area contributed by atoms with Crippen LogP contribution in [0.3, 0.4) is 0 Å². The molecule has 0 saturated carbocycles. The Kier molecular flexibility index (Phi) is 5.32. The van der Waals surface area contributed by atoms with Crippen LogP contribution in [-0.2, 0) is 4.79 Å². The molecular weight excluding hydrogens is 268 g/mol. The van der Waals surface area contributed by atoms with Crippen molar-refractivity contribution in [3.05, 3.63) is 28.8 Å². The van der Waals surface area contributed by atoms with E-state index in [1.165, 1.54) is 18.2 Å². The van der Waals surface area contributed by atoms with Gasteiger partial charge in [0.25, 0.3) is 0 Å². The van der Waals surface area contributed by atoms with Crippen molar-refractivity contribution < 1.29 is 14.7 Å². The van der Waals surface area contributed by atoms with Gasteiger partial charge in [0.05, 0.1) is 16.6 Å². The molecule has 0 aliphatic rings. The highest BCUT2D eigenvalue weighted by atomic mass is 35.5. The number of nitrogens with two attached hydrogens (primary N) is 1. The predicted octanol–water partition coefficient (Wildman–Crippen LogP) is 2.35. The predicted molar refractivity (Wildman–Crippen MR) is 74.5 cm³/mol. The first-order valence-electron chi connectivity index (χ1n) is 5.90. The number of halogens is 1. The van der Waals surface area contributed by atoms with Crippen LogP contribution in [-0.4, -0.2) is 23.0 Å². The Morgan fingerprint density at radius 1 is 1.42 bits per heavy atom. The zero-order chi connectivity index (χ0) is 14.6. The smallest absolute Gasteiger partial charge is 0.337 e. The van der Waals surface area contributed by atoms with E-state index in [9.17, 15) is 9.59 Å². The molecule has 0 fully saturated rings. The maximum atomic E-state index is 11.8. The highest BCUT2D eigenvalue weighted by molar-refractivity contribution is 6.33. The van der Waals surface area contributed by atoms with Crippen molar-refractivity contribution in [1.29, 1.82) is 0 Å². The number of nitrogens with one attached hydrogen (secondary N) is 1. The SMILES string of the molecule is CC(C)C[C@@H](N)C(=O)Nc1ccc(C(=O)O)c(Cl)c1. The van der Waals surface area contributed by atoms with Crippen LogP contribution in [0, 0.1) is 5.92 Å². The van der Waals surface area contributed by atoms with Gasteiger partial charge in [0.2, 0.25) is 5.91 Å². The fourth-order valence-electron chi connectivity index (χ4n) is 1.62. The molecule has 1 aromatic rings. The number of carbonyl (C=O) groups excluding carboxylic acids is 1. The molecular formula is C13H17ClN2O3. The van der Waals surface area contributed by atoms with Crippen LogP contribution in [0.15, 0.2) is 18.2 Å². The van der Waals surface area contributed by atoms with E-state index in [1.807, 2.05) is 13.8 Å². The first-order valence-corrected chi connectivity index (χ1v) is 6.28. The lowest BCUT2D eigenvalue weighted by Crippen LogP contribution is -2.36. The number of amides is 1. The lowest BCUT2D eigenvalue weighted by atomic mass is 10.0. The summed E-state index contributed by atoms with van der Waals surface area (Å²) in [4.78, 5) is 22.6. The molecule has 19 heavy (non-hydrogen) atoms. The summed E-state index contributed by atoms with van der Waals surface area (Å²) in [7, 11) is 0. The Hall–Kier alpha value is -1.59. The quantitative estimate of drug-likeness (QED) is 0.774. The van der Waals surface area contributed by atoms with E-state index in [0.29, 0.717) is 18.0 Å². The molecule has 1 amide bonds. The number of carboxylic acid groups (broad SMARTS) is 1. The normalized spacial score (nSPS) is 12.3. The highest BCUT2D eigenvalue weighted by Crippen LogP contribution is 2.21. The zero-order valence-corrected chi connectivity index (χ0v) is 11.6. The summed E-state index contributed by atoms with van der Waals surface area (Å²) in [6.45, 7) is 3.96. The van der Waals surface area contributed by atoms with Gasteiger partial charge in [0.15, 0.2) is 0 Å². The standard InChI is InChI=1S/C13H17ClN2O3/c1-7(2)5-11(15)12(17)16-8-3-4-9(13(18)19)10(14)6-8/h3-4,6-7,11H,5,15H2,1-2H3,(H,16,17)(H,18,19)/t11-/m1/s1. The maximum absolute atomic E-state index is 11.8. The fraction of sp³-hybridized carbons (Fsp3) is 0.385. The number of anilines is 1. The van der Waals surface area contributed by atoms with Gasteiger partial charge in [-0.2, -0.15) is 0 Å². The molecule has 1 rings (SSSR count). The van der Waals surface area contributed by atoms with Crippen LogP contribution in [0.25, 0.3) is 0 Å². The molecule has 0 radical (unpaired) electrons. The van der Waals surface area contributed by atoms with Crippen molar-refractivity contribution in [2.75, 3.05) is 5.32 Å². The van der Waals surface area contributed by atoms with E-state index in [2.05, 4.69) is 5.32 Å². The molecule has 5 nitrogen and oxygen atoms in total. The first kappa shape index (κ1) is 15.5. The average molecular weight is 285 g/mol. The minimum absolute atomic E-state index is 0.00820. The summed E-state index contributed by atoms with van der Waals surface area (Å²) in [5.74, 6) is -1.11. The van der Waals surface area contributed by atoms with Crippen LogP contribution in [0.1, 0.15) is 30.6 Å². The monoisotopic (exact) mass is 284 g/mol. The molecule has 1 atom stereocenters. The van der Waals surface area contributed by atoms with Crippen molar-refractivity contribution in [2.45, 2.75) is 26.3 Å². The third kappa shape index (κ3) is 4.54. The Balaban J connectivity index is 2.75. The third-order valence-electron chi connectivity index (χ3n) is 2.53. The van der Waals surface area contributed by atoms with E-state index in [0.717, 1.165) is 0 Å². The minimum atomic E-state index is -1.11. The topological polar surface area (TPSA) is 92.4 Å². The lowest BCUT2D eigenvalue weighted by Gasteiger charge is -2.14. The van der Waals surface area contributed by atoms with Gasteiger partial charge in [0, 0.05) is 5.69 Å². The number of hydrogen-bond acceptors (Lipinski definition) is 3. The molecule has 0 spiro atoms. The van der Waals surface area contributed by atoms with Gasteiger partial charge in [-0.25, -0.2) is 4.79 Å². The summed E-state index contributed by atoms with van der Waals surface area (Å²) >= 11 is 5.81. The Bertz CT molecular complexity index is 489. The van der Waals surface area contributed by atoms with Crippen molar-refractivity contribution >= 4 is 29.2 Å². The maximum Gasteiger partial charge on any atom is 0.337 e. The fourth-order valence-corrected chi connectivity index (χ4v) is 1.88. The van der Waals surface area contributed by atoms with Gasteiger partial charge in [0.1, 0.15) is 0 Å². The molecule has 0 unspecified atom stereocenters. The number of aromatic carboxylic acids is 1. The molecule has 4 N–H and O–H groups in total. The second kappa shape index (κ2) is 6.54. The van der Waals surface area contributed by atoms with Crippen LogP contribution < -0.4 is 11.1 Å². The lowest BCUT2D eigenvalue weighted by molar-refractivity contribution is -0.117. The molecule has 6 heteroatoms. The van der Waals surface area contributed by atoms with Gasteiger partial charge in [-0.3, -0.25) is 4.79 Å². The second-order valence-corrected chi connectivity index (χ2v) is 5.13. The van der Waals surface area contributed by atoms with Crippen molar-refractivity contribution in [2.24, 2.45) is 11.7 Å². The Morgan fingerprint density at radius 2 is 2.05 bits per heavy atom. The zero-order valence-electron chi connectivity index (χ0n) is 10.8. The molecule has 0 saturated heterocycles. The van der Waals surface area contributed by atoms with Crippen molar-refractivity contribution in [3.63, 3.8) is 0 Å². The van der Waals surface area contributed by atoms with Gasteiger partial charge in [-0.15, -0.1) is 0 Å². The average Bonchev–Trinajstić information content (AvgIpc) is 2.27. The minimum Gasteiger partial charge on any atom is -0.478 e. The summed E-state index contributed by atoms with van der Waals surface area (Å²) in [6, 6.07) is 3.62. The molecule has 0 aromatic heterocycles. The molecule has 104 valence electrons. The number of carbonyl (C=O) groups is 2. The largest absolute Gasteiger partial charge is 0.478 e. The summed E-state index contributed by atoms with van der Waals surface area (Å²) in [5, 5.41) is 11.5. The van der Waals surface area contributed by atoms with Gasteiger partial charge in [-0.05, 0) is 30.5 Å². The van der Waals surface area contributed by atoms with Crippen LogP contribution in [0.4, 0.5) is 5.69 Å². The van der Waals surface area contributed by atoms with E-state index in [-0.39, 0.29) is 16.5 Å². The van der Waals surface area contributed by atoms with Crippen LogP contribution in [0.5, 0.6) is 0 Å². The highest BCUT2D eigenvalue weighted by Gasteiger charge is 2.16. The van der Waals surface area contributed by atoms with E-state index < -0.39 is 12.0 Å². The van der Waals surface area contributed by atoms with Gasteiger partial charge < -0.3 is 16.2 Å². The molecule has 0 aliphatic heterocycles. The molecule has 0 heterocycles. The van der Waals surface area contributed by atoms with E-state index in [4.69, 9.17) is 22.4 Å². The summed E-state index contributed by atoms with van der Waals surface area (Å²) in [6.07, 6.45) is 0.576. The first-order chi connectivity index (χ1) is 8.81. The molecule has 0 aliphatic carbocycles. The number of hydrogen-bond donors (Lipinski definition) is 3. The molecule has 1 aromatic carbocycles. The van der Waals surface area contributed by atoms with Crippen molar-refractivity contribution in [3.8, 4) is 0 Å². The summed E-state index contributed by atoms with van der Waals surface area (Å²) in [5.41, 5.74) is 6.16. The number of rotatable bonds is 5. The third-order valence-corrected chi connectivity index (χ3v) is 2.84. The van der Waals surface area contributed by atoms with E-state index >= 15 is 0 Å². The number of benzene rings is 1. The van der Waals surface area contributed by atoms with Gasteiger partial charge >= 0.3 is 5.97 Å². The van der Waals surface area contributed by atoms with E-state index in [1.54, 1.807) is 0 Å². The Labute approximate surface area is 116 Å². The second-order valence-electron chi connectivity index (χ2n) is 4.73. The number of carboxylic acids is 1. The Morgan fingerprint density at radius 3 is 2.53 bits per heavy atom. The van der Waals surface area contributed by atoms with Crippen molar-refractivity contribution in [1.82, 2.24) is 0 Å². The molecule has 0 bridgehead atoms. The van der Waals surface area contributed by atoms with Crippen LogP contribution in [0.2, 0.25) is 5.02 Å². The summed E-state index contributed by atoms with van der Waals surface area (Å²) < 4.78 is 0. The van der Waals surface area contributed by atoms with Gasteiger partial charge in [-0.1, -0.05) is 25.4 Å². The van der Waals surface area contributed by atoms with Crippen LogP contribution >= 0.6 is 11.6 Å².